The molecule has 0 unspecified atom stereocenters. The molecule has 0 heterocycles. The van der Waals surface area contributed by atoms with E-state index in [1.807, 2.05) is 6.07 Å². The molecule has 3 heteroatoms. The molecule has 0 fully saturated rings. The van der Waals surface area contributed by atoms with Crippen LogP contribution in [0.15, 0.2) is 24.3 Å². The first-order valence-electron chi connectivity index (χ1n) is 6.23. The minimum absolute atomic E-state index is 0.0466. The highest BCUT2D eigenvalue weighted by atomic mass is 19.1. The second kappa shape index (κ2) is 7.82. The minimum Gasteiger partial charge on any atom is -0.356 e. The van der Waals surface area contributed by atoms with E-state index in [1.54, 1.807) is 6.07 Å². The fraction of sp³-hybridized carbons (Fsp3) is 0.500. The largest absolute Gasteiger partial charge is 0.356 e. The van der Waals surface area contributed by atoms with Crippen molar-refractivity contribution < 1.29 is 9.18 Å². The van der Waals surface area contributed by atoms with Crippen molar-refractivity contribution in [3.8, 4) is 0 Å². The van der Waals surface area contributed by atoms with Gasteiger partial charge in [-0.15, -0.1) is 0 Å². The summed E-state index contributed by atoms with van der Waals surface area (Å²) in [5.74, 6) is -0.198. The average molecular weight is 237 g/mol. The molecule has 0 aromatic heterocycles. The summed E-state index contributed by atoms with van der Waals surface area (Å²) in [6, 6.07) is 6.40. The fourth-order valence-corrected chi connectivity index (χ4v) is 1.64. The molecule has 0 spiro atoms. The van der Waals surface area contributed by atoms with Crippen molar-refractivity contribution in [1.82, 2.24) is 5.32 Å². The van der Waals surface area contributed by atoms with E-state index in [9.17, 15) is 9.18 Å². The Labute approximate surface area is 102 Å². The SMILES string of the molecule is CCCCCNC(=O)CCc1cccc(F)c1. The molecule has 0 atom stereocenters. The van der Waals surface area contributed by atoms with E-state index >= 15 is 0 Å². The van der Waals surface area contributed by atoms with E-state index in [2.05, 4.69) is 12.2 Å². The first kappa shape index (κ1) is 13.7. The van der Waals surface area contributed by atoms with Crippen molar-refractivity contribution >= 4 is 5.91 Å². The molecule has 0 aliphatic carbocycles. The molecule has 0 saturated carbocycles. The first-order chi connectivity index (χ1) is 8.22. The number of carbonyl (C=O) groups is 1. The molecular formula is C14H20FNO. The Morgan fingerprint density at radius 3 is 2.88 bits per heavy atom. The maximum atomic E-state index is 12.9. The molecule has 0 aliphatic heterocycles. The lowest BCUT2D eigenvalue weighted by Crippen LogP contribution is -2.24. The van der Waals surface area contributed by atoms with Crippen molar-refractivity contribution in [2.45, 2.75) is 39.0 Å². The molecule has 2 nitrogen and oxygen atoms in total. The highest BCUT2D eigenvalue weighted by Gasteiger charge is 2.02. The summed E-state index contributed by atoms with van der Waals surface area (Å²) in [6.07, 6.45) is 4.35. The number of benzene rings is 1. The topological polar surface area (TPSA) is 29.1 Å². The number of halogens is 1. The summed E-state index contributed by atoms with van der Waals surface area (Å²) in [5.41, 5.74) is 0.869. The van der Waals surface area contributed by atoms with Crippen molar-refractivity contribution in [2.24, 2.45) is 0 Å². The maximum absolute atomic E-state index is 12.9. The van der Waals surface area contributed by atoms with Crippen LogP contribution in [0, 0.1) is 5.82 Å². The van der Waals surface area contributed by atoms with Gasteiger partial charge in [-0.1, -0.05) is 31.9 Å². The number of hydrogen-bond acceptors (Lipinski definition) is 1. The third-order valence-electron chi connectivity index (χ3n) is 2.63. The van der Waals surface area contributed by atoms with Gasteiger partial charge in [-0.25, -0.2) is 4.39 Å². The van der Waals surface area contributed by atoms with Gasteiger partial charge < -0.3 is 5.32 Å². The molecule has 1 aromatic carbocycles. The molecule has 0 bridgehead atoms. The van der Waals surface area contributed by atoms with Crippen LogP contribution in [0.1, 0.15) is 38.2 Å². The Bertz CT molecular complexity index is 352. The van der Waals surface area contributed by atoms with Gasteiger partial charge in [-0.2, -0.15) is 0 Å². The number of carbonyl (C=O) groups excluding carboxylic acids is 1. The van der Waals surface area contributed by atoms with Gasteiger partial charge in [0, 0.05) is 13.0 Å². The van der Waals surface area contributed by atoms with Gasteiger partial charge in [0.25, 0.3) is 0 Å². The number of unbranched alkanes of at least 4 members (excludes halogenated alkanes) is 2. The van der Waals surface area contributed by atoms with Crippen LogP contribution in [0.2, 0.25) is 0 Å². The third-order valence-corrected chi connectivity index (χ3v) is 2.63. The van der Waals surface area contributed by atoms with E-state index in [1.165, 1.54) is 12.1 Å². The van der Waals surface area contributed by atoms with E-state index in [4.69, 9.17) is 0 Å². The van der Waals surface area contributed by atoms with Crippen LogP contribution < -0.4 is 5.32 Å². The highest BCUT2D eigenvalue weighted by Crippen LogP contribution is 2.06. The summed E-state index contributed by atoms with van der Waals surface area (Å²) in [7, 11) is 0. The zero-order valence-electron chi connectivity index (χ0n) is 10.3. The van der Waals surface area contributed by atoms with Crippen LogP contribution in [0.5, 0.6) is 0 Å². The lowest BCUT2D eigenvalue weighted by atomic mass is 10.1. The van der Waals surface area contributed by atoms with Crippen LogP contribution in [-0.2, 0) is 11.2 Å². The zero-order valence-corrected chi connectivity index (χ0v) is 10.3. The predicted molar refractivity (Wildman–Crippen MR) is 67.3 cm³/mol. The Hall–Kier alpha value is -1.38. The van der Waals surface area contributed by atoms with Gasteiger partial charge in [-0.05, 0) is 30.5 Å². The Morgan fingerprint density at radius 1 is 1.35 bits per heavy atom. The molecule has 17 heavy (non-hydrogen) atoms. The van der Waals surface area contributed by atoms with Crippen LogP contribution in [-0.4, -0.2) is 12.5 Å². The molecule has 0 aliphatic rings. The monoisotopic (exact) mass is 237 g/mol. The molecule has 1 rings (SSSR count). The van der Waals surface area contributed by atoms with E-state index in [0.717, 1.165) is 31.4 Å². The Kier molecular flexibility index (Phi) is 6.30. The average Bonchev–Trinajstić information content (AvgIpc) is 2.32. The molecular weight excluding hydrogens is 217 g/mol. The van der Waals surface area contributed by atoms with Crippen molar-refractivity contribution in [3.63, 3.8) is 0 Å². The van der Waals surface area contributed by atoms with Gasteiger partial charge in [0.1, 0.15) is 5.82 Å². The van der Waals surface area contributed by atoms with Crippen LogP contribution in [0.25, 0.3) is 0 Å². The predicted octanol–water partition coefficient (Wildman–Crippen LogP) is 3.06. The molecule has 94 valence electrons. The zero-order chi connectivity index (χ0) is 12.5. The van der Waals surface area contributed by atoms with E-state index in [-0.39, 0.29) is 11.7 Å². The lowest BCUT2D eigenvalue weighted by molar-refractivity contribution is -0.121. The number of aryl methyl sites for hydroxylation is 1. The van der Waals surface area contributed by atoms with Crippen LogP contribution >= 0.6 is 0 Å². The maximum Gasteiger partial charge on any atom is 0.220 e. The molecule has 0 radical (unpaired) electrons. The summed E-state index contributed by atoms with van der Waals surface area (Å²) in [5, 5.41) is 2.87. The van der Waals surface area contributed by atoms with Crippen LogP contribution in [0.3, 0.4) is 0 Å². The number of rotatable bonds is 7. The number of nitrogens with one attached hydrogen (secondary N) is 1. The van der Waals surface area contributed by atoms with Crippen molar-refractivity contribution in [1.29, 1.82) is 0 Å². The lowest BCUT2D eigenvalue weighted by Gasteiger charge is -2.04. The van der Waals surface area contributed by atoms with Gasteiger partial charge in [0.15, 0.2) is 0 Å². The molecule has 1 amide bonds. The first-order valence-corrected chi connectivity index (χ1v) is 6.23. The summed E-state index contributed by atoms with van der Waals surface area (Å²) < 4.78 is 12.9. The molecule has 0 saturated heterocycles. The summed E-state index contributed by atoms with van der Waals surface area (Å²) in [4.78, 5) is 11.5. The van der Waals surface area contributed by atoms with Gasteiger partial charge in [-0.3, -0.25) is 4.79 Å². The highest BCUT2D eigenvalue weighted by molar-refractivity contribution is 5.76. The van der Waals surface area contributed by atoms with Gasteiger partial charge >= 0.3 is 0 Å². The summed E-state index contributed by atoms with van der Waals surface area (Å²) >= 11 is 0. The summed E-state index contributed by atoms with van der Waals surface area (Å²) in [6.45, 7) is 2.88. The van der Waals surface area contributed by atoms with E-state index in [0.29, 0.717) is 12.8 Å². The van der Waals surface area contributed by atoms with E-state index < -0.39 is 0 Å². The quantitative estimate of drug-likeness (QED) is 0.725. The van der Waals surface area contributed by atoms with Crippen LogP contribution in [0.4, 0.5) is 4.39 Å². The van der Waals surface area contributed by atoms with Gasteiger partial charge in [0.2, 0.25) is 5.91 Å². The minimum atomic E-state index is -0.245. The second-order valence-electron chi connectivity index (χ2n) is 4.19. The molecule has 1 N–H and O–H groups in total. The molecule has 1 aromatic rings. The van der Waals surface area contributed by atoms with Crippen molar-refractivity contribution in [2.75, 3.05) is 6.54 Å². The van der Waals surface area contributed by atoms with Gasteiger partial charge in [0.05, 0.1) is 0 Å². The fourth-order valence-electron chi connectivity index (χ4n) is 1.64. The van der Waals surface area contributed by atoms with Crippen molar-refractivity contribution in [3.05, 3.63) is 35.6 Å². The smallest absolute Gasteiger partial charge is 0.220 e. The Balaban J connectivity index is 2.19. The standard InChI is InChI=1S/C14H20FNO/c1-2-3-4-10-16-14(17)9-8-12-6-5-7-13(15)11-12/h5-7,11H,2-4,8-10H2,1H3,(H,16,17). The normalized spacial score (nSPS) is 10.2. The Morgan fingerprint density at radius 2 is 2.18 bits per heavy atom. The number of hydrogen-bond donors (Lipinski definition) is 1. The third kappa shape index (κ3) is 6.05. The number of amides is 1. The second-order valence-corrected chi connectivity index (χ2v) is 4.19.